The molecular formula is C23H25N3O3S. The third-order valence-corrected chi connectivity index (χ3v) is 5.49. The standard InChI is InChI=1S/C23H25N3O3S/c1-4-5-15-26(21(27)14-11-17-9-7-6-8-10-17)23-25-24-22(30-23)18-12-13-19(28-2)20(16-18)29-3/h6-14,16H,4-5,15H2,1-3H3/b14-11+. The summed E-state index contributed by atoms with van der Waals surface area (Å²) in [5.41, 5.74) is 1.84. The van der Waals surface area contributed by atoms with E-state index in [-0.39, 0.29) is 5.91 Å². The van der Waals surface area contributed by atoms with Crippen molar-refractivity contribution in [3.8, 4) is 22.1 Å². The first kappa shape index (κ1) is 21.5. The highest BCUT2D eigenvalue weighted by atomic mass is 32.1. The van der Waals surface area contributed by atoms with Crippen molar-refractivity contribution < 1.29 is 14.3 Å². The zero-order valence-electron chi connectivity index (χ0n) is 17.4. The minimum absolute atomic E-state index is 0.109. The van der Waals surface area contributed by atoms with Crippen molar-refractivity contribution in [2.45, 2.75) is 19.8 Å². The molecule has 0 saturated heterocycles. The van der Waals surface area contributed by atoms with E-state index in [1.165, 1.54) is 11.3 Å². The maximum Gasteiger partial charge on any atom is 0.252 e. The van der Waals surface area contributed by atoms with E-state index in [1.54, 1.807) is 25.2 Å². The summed E-state index contributed by atoms with van der Waals surface area (Å²) in [7, 11) is 3.19. The van der Waals surface area contributed by atoms with Crippen LogP contribution >= 0.6 is 11.3 Å². The van der Waals surface area contributed by atoms with Crippen LogP contribution in [0.3, 0.4) is 0 Å². The molecule has 3 rings (SSSR count). The van der Waals surface area contributed by atoms with Gasteiger partial charge in [-0.05, 0) is 36.3 Å². The van der Waals surface area contributed by atoms with Crippen molar-refractivity contribution >= 4 is 28.5 Å². The van der Waals surface area contributed by atoms with E-state index in [0.29, 0.717) is 28.2 Å². The number of nitrogens with zero attached hydrogens (tertiary/aromatic N) is 3. The number of amides is 1. The summed E-state index contributed by atoms with van der Waals surface area (Å²) in [5, 5.41) is 9.88. The zero-order chi connectivity index (χ0) is 21.3. The van der Waals surface area contributed by atoms with E-state index in [9.17, 15) is 4.79 Å². The molecule has 0 aliphatic heterocycles. The van der Waals surface area contributed by atoms with Gasteiger partial charge in [-0.25, -0.2) is 0 Å². The molecule has 0 aliphatic rings. The van der Waals surface area contributed by atoms with E-state index in [1.807, 2.05) is 54.6 Å². The van der Waals surface area contributed by atoms with Gasteiger partial charge < -0.3 is 9.47 Å². The third kappa shape index (κ3) is 5.24. The van der Waals surface area contributed by atoms with Gasteiger partial charge in [0.25, 0.3) is 5.91 Å². The fourth-order valence-corrected chi connectivity index (χ4v) is 3.72. The predicted octanol–water partition coefficient (Wildman–Crippen LogP) is 5.07. The molecule has 3 aromatic rings. The van der Waals surface area contributed by atoms with E-state index in [0.717, 1.165) is 24.0 Å². The van der Waals surface area contributed by atoms with Crippen LogP contribution in [0.25, 0.3) is 16.6 Å². The lowest BCUT2D eigenvalue weighted by Gasteiger charge is -2.17. The van der Waals surface area contributed by atoms with Gasteiger partial charge >= 0.3 is 0 Å². The molecule has 30 heavy (non-hydrogen) atoms. The van der Waals surface area contributed by atoms with E-state index in [2.05, 4.69) is 17.1 Å². The van der Waals surface area contributed by atoms with Crippen LogP contribution in [-0.2, 0) is 4.79 Å². The second kappa shape index (κ2) is 10.5. The second-order valence-corrected chi connectivity index (χ2v) is 7.50. The van der Waals surface area contributed by atoms with Crippen LogP contribution in [0.1, 0.15) is 25.3 Å². The summed E-state index contributed by atoms with van der Waals surface area (Å²) in [6.07, 6.45) is 5.27. The molecule has 0 N–H and O–H groups in total. The van der Waals surface area contributed by atoms with Crippen LogP contribution in [0.2, 0.25) is 0 Å². The fourth-order valence-electron chi connectivity index (χ4n) is 2.85. The summed E-state index contributed by atoms with van der Waals surface area (Å²) in [6.45, 7) is 2.69. The molecule has 6 nitrogen and oxygen atoms in total. The minimum atomic E-state index is -0.109. The van der Waals surface area contributed by atoms with Gasteiger partial charge in [-0.1, -0.05) is 55.0 Å². The van der Waals surface area contributed by atoms with Crippen LogP contribution in [0.15, 0.2) is 54.6 Å². The van der Waals surface area contributed by atoms with Crippen LogP contribution in [0.4, 0.5) is 5.13 Å². The molecule has 0 fully saturated rings. The van der Waals surface area contributed by atoms with Gasteiger partial charge in [-0.15, -0.1) is 10.2 Å². The molecule has 156 valence electrons. The van der Waals surface area contributed by atoms with Crippen molar-refractivity contribution in [3.63, 3.8) is 0 Å². The SMILES string of the molecule is CCCCN(C(=O)/C=C/c1ccccc1)c1nnc(-c2ccc(OC)c(OC)c2)s1. The number of aromatic nitrogens is 2. The molecule has 2 aromatic carbocycles. The monoisotopic (exact) mass is 423 g/mol. The minimum Gasteiger partial charge on any atom is -0.493 e. The third-order valence-electron chi connectivity index (χ3n) is 4.49. The highest BCUT2D eigenvalue weighted by molar-refractivity contribution is 7.18. The lowest BCUT2D eigenvalue weighted by atomic mass is 10.2. The number of carbonyl (C=O) groups excluding carboxylic acids is 1. The molecule has 0 radical (unpaired) electrons. The van der Waals surface area contributed by atoms with Crippen molar-refractivity contribution in [1.29, 1.82) is 0 Å². The predicted molar refractivity (Wildman–Crippen MR) is 121 cm³/mol. The summed E-state index contributed by atoms with van der Waals surface area (Å²) >= 11 is 1.38. The first-order valence-corrected chi connectivity index (χ1v) is 10.6. The topological polar surface area (TPSA) is 64.6 Å². The zero-order valence-corrected chi connectivity index (χ0v) is 18.2. The van der Waals surface area contributed by atoms with Crippen LogP contribution < -0.4 is 14.4 Å². The van der Waals surface area contributed by atoms with Gasteiger partial charge in [0.05, 0.1) is 14.2 Å². The Morgan fingerprint density at radius 1 is 1.07 bits per heavy atom. The molecule has 7 heteroatoms. The Labute approximate surface area is 180 Å². The number of hydrogen-bond donors (Lipinski definition) is 0. The van der Waals surface area contributed by atoms with E-state index >= 15 is 0 Å². The highest BCUT2D eigenvalue weighted by Gasteiger charge is 2.19. The Bertz CT molecular complexity index is 1000. The number of benzene rings is 2. The Balaban J connectivity index is 1.84. The maximum absolute atomic E-state index is 12.9. The number of unbranched alkanes of at least 4 members (excludes halogenated alkanes) is 1. The summed E-state index contributed by atoms with van der Waals surface area (Å²) in [6, 6.07) is 15.3. The lowest BCUT2D eigenvalue weighted by molar-refractivity contribution is -0.114. The molecule has 0 aliphatic carbocycles. The molecule has 0 saturated carbocycles. The molecule has 1 amide bonds. The quantitative estimate of drug-likeness (QED) is 0.450. The van der Waals surface area contributed by atoms with Crippen molar-refractivity contribution in [2.24, 2.45) is 0 Å². The number of hydrogen-bond acceptors (Lipinski definition) is 6. The van der Waals surface area contributed by atoms with Crippen molar-refractivity contribution in [1.82, 2.24) is 10.2 Å². The first-order chi connectivity index (χ1) is 14.7. The van der Waals surface area contributed by atoms with Crippen LogP contribution in [-0.4, -0.2) is 36.9 Å². The lowest BCUT2D eigenvalue weighted by Crippen LogP contribution is -2.30. The number of ether oxygens (including phenoxy) is 2. The van der Waals surface area contributed by atoms with Crippen LogP contribution in [0, 0.1) is 0 Å². The first-order valence-electron chi connectivity index (χ1n) is 9.76. The van der Waals surface area contributed by atoms with Gasteiger partial charge in [0.1, 0.15) is 5.01 Å². The van der Waals surface area contributed by atoms with Gasteiger partial charge in [0.2, 0.25) is 5.13 Å². The number of methoxy groups -OCH3 is 2. The average molecular weight is 424 g/mol. The highest BCUT2D eigenvalue weighted by Crippen LogP contribution is 2.35. The molecule has 1 aromatic heterocycles. The average Bonchev–Trinajstić information content (AvgIpc) is 3.28. The Kier molecular flexibility index (Phi) is 7.57. The molecule has 0 bridgehead atoms. The normalized spacial score (nSPS) is 10.9. The van der Waals surface area contributed by atoms with Crippen LogP contribution in [0.5, 0.6) is 11.5 Å². The molecule has 0 unspecified atom stereocenters. The molecule has 0 spiro atoms. The summed E-state index contributed by atoms with van der Waals surface area (Å²) in [5.74, 6) is 1.16. The fraction of sp³-hybridized carbons (Fsp3) is 0.261. The number of rotatable bonds is 9. The number of anilines is 1. The van der Waals surface area contributed by atoms with E-state index in [4.69, 9.17) is 9.47 Å². The van der Waals surface area contributed by atoms with Gasteiger partial charge in [0.15, 0.2) is 11.5 Å². The maximum atomic E-state index is 12.9. The summed E-state index contributed by atoms with van der Waals surface area (Å²) in [4.78, 5) is 14.6. The Morgan fingerprint density at radius 3 is 2.53 bits per heavy atom. The van der Waals surface area contributed by atoms with Crippen molar-refractivity contribution in [3.05, 3.63) is 60.2 Å². The molecule has 0 atom stereocenters. The number of carbonyl (C=O) groups is 1. The molecule has 1 heterocycles. The Morgan fingerprint density at radius 2 is 1.83 bits per heavy atom. The van der Waals surface area contributed by atoms with Gasteiger partial charge in [0, 0.05) is 18.2 Å². The second-order valence-electron chi connectivity index (χ2n) is 6.55. The van der Waals surface area contributed by atoms with Gasteiger partial charge in [-0.2, -0.15) is 0 Å². The van der Waals surface area contributed by atoms with Crippen molar-refractivity contribution in [2.75, 3.05) is 25.7 Å². The summed E-state index contributed by atoms with van der Waals surface area (Å²) < 4.78 is 10.7. The van der Waals surface area contributed by atoms with Gasteiger partial charge in [-0.3, -0.25) is 9.69 Å². The smallest absolute Gasteiger partial charge is 0.252 e. The Hall–Kier alpha value is -3.19. The van der Waals surface area contributed by atoms with E-state index < -0.39 is 0 Å². The molecular weight excluding hydrogens is 398 g/mol. The largest absolute Gasteiger partial charge is 0.493 e.